The van der Waals surface area contributed by atoms with Crippen molar-refractivity contribution >= 4 is 11.6 Å². The van der Waals surface area contributed by atoms with Gasteiger partial charge in [-0.3, -0.25) is 0 Å². The van der Waals surface area contributed by atoms with Crippen LogP contribution in [0.3, 0.4) is 0 Å². The van der Waals surface area contributed by atoms with Gasteiger partial charge in [-0.1, -0.05) is 19.3 Å². The number of nitrogen functional groups attached to an aromatic ring is 1. The van der Waals surface area contributed by atoms with Crippen molar-refractivity contribution in [2.24, 2.45) is 5.92 Å². The number of rotatable bonds is 3. The highest BCUT2D eigenvalue weighted by molar-refractivity contribution is 5.45. The van der Waals surface area contributed by atoms with Crippen molar-refractivity contribution in [1.82, 2.24) is 9.97 Å². The van der Waals surface area contributed by atoms with E-state index in [4.69, 9.17) is 5.73 Å². The Labute approximate surface area is 96.9 Å². The first-order valence-electron chi connectivity index (χ1n) is 6.04. The van der Waals surface area contributed by atoms with Gasteiger partial charge < -0.3 is 10.6 Å². The van der Waals surface area contributed by atoms with Gasteiger partial charge in [0.2, 0.25) is 0 Å². The number of nitrogens with zero attached hydrogens (tertiary/aromatic N) is 3. The summed E-state index contributed by atoms with van der Waals surface area (Å²) in [6.07, 6.45) is 8.40. The second-order valence-corrected chi connectivity index (χ2v) is 4.69. The van der Waals surface area contributed by atoms with Crippen LogP contribution in [0, 0.1) is 5.92 Å². The molecule has 0 aliphatic heterocycles. The van der Waals surface area contributed by atoms with Gasteiger partial charge in [-0.15, -0.1) is 0 Å². The van der Waals surface area contributed by atoms with Crippen molar-refractivity contribution in [3.63, 3.8) is 0 Å². The summed E-state index contributed by atoms with van der Waals surface area (Å²) in [4.78, 5) is 10.3. The Hall–Kier alpha value is -1.32. The summed E-state index contributed by atoms with van der Waals surface area (Å²) < 4.78 is 0. The minimum absolute atomic E-state index is 0.542. The summed E-state index contributed by atoms with van der Waals surface area (Å²) in [7, 11) is 2.08. The highest BCUT2D eigenvalue weighted by Gasteiger charge is 2.16. The molecule has 1 aliphatic rings. The first-order valence-corrected chi connectivity index (χ1v) is 6.04. The van der Waals surface area contributed by atoms with Crippen LogP contribution < -0.4 is 10.6 Å². The molecule has 1 aromatic heterocycles. The maximum atomic E-state index is 5.65. The molecule has 1 aliphatic carbocycles. The lowest BCUT2D eigenvalue weighted by molar-refractivity contribution is 0.361. The van der Waals surface area contributed by atoms with Gasteiger partial charge in [-0.2, -0.15) is 0 Å². The third kappa shape index (κ3) is 2.84. The van der Waals surface area contributed by atoms with E-state index in [0.29, 0.717) is 5.82 Å². The lowest BCUT2D eigenvalue weighted by atomic mass is 9.89. The molecule has 1 saturated carbocycles. The standard InChI is InChI=1S/C12H20N4/c1-16(8-10-5-3-2-4-6-10)12-7-11(13)14-9-15-12/h7,9-10H,2-6,8H2,1H3,(H2,13,14,15). The number of hydrogen-bond acceptors (Lipinski definition) is 4. The molecule has 4 nitrogen and oxygen atoms in total. The molecular formula is C12H20N4. The fraction of sp³-hybridized carbons (Fsp3) is 0.667. The zero-order valence-corrected chi connectivity index (χ0v) is 9.89. The Morgan fingerprint density at radius 2 is 2.06 bits per heavy atom. The molecule has 0 amide bonds. The van der Waals surface area contributed by atoms with Crippen molar-refractivity contribution < 1.29 is 0 Å². The molecule has 1 fully saturated rings. The van der Waals surface area contributed by atoms with Crippen molar-refractivity contribution in [2.75, 3.05) is 24.2 Å². The van der Waals surface area contributed by atoms with E-state index in [1.807, 2.05) is 6.07 Å². The normalized spacial score (nSPS) is 17.3. The molecule has 4 heteroatoms. The molecule has 0 bridgehead atoms. The molecule has 0 atom stereocenters. The first kappa shape index (κ1) is 11.2. The van der Waals surface area contributed by atoms with Gasteiger partial charge in [0.15, 0.2) is 0 Å². The van der Waals surface area contributed by atoms with E-state index in [0.717, 1.165) is 18.3 Å². The van der Waals surface area contributed by atoms with Crippen LogP contribution in [0.25, 0.3) is 0 Å². The zero-order valence-electron chi connectivity index (χ0n) is 9.89. The minimum atomic E-state index is 0.542. The van der Waals surface area contributed by atoms with E-state index in [-0.39, 0.29) is 0 Å². The van der Waals surface area contributed by atoms with Gasteiger partial charge in [-0.25, -0.2) is 9.97 Å². The Kier molecular flexibility index (Phi) is 3.59. The van der Waals surface area contributed by atoms with E-state index in [1.54, 1.807) is 0 Å². The molecular weight excluding hydrogens is 200 g/mol. The predicted octanol–water partition coefficient (Wildman–Crippen LogP) is 2.08. The van der Waals surface area contributed by atoms with Crippen LogP contribution in [0.5, 0.6) is 0 Å². The fourth-order valence-corrected chi connectivity index (χ4v) is 2.42. The molecule has 0 radical (unpaired) electrons. The quantitative estimate of drug-likeness (QED) is 0.847. The molecule has 2 rings (SSSR count). The molecule has 0 aromatic carbocycles. The monoisotopic (exact) mass is 220 g/mol. The molecule has 0 saturated heterocycles. The summed E-state index contributed by atoms with van der Waals surface area (Å²) >= 11 is 0. The lowest BCUT2D eigenvalue weighted by Crippen LogP contribution is -2.27. The largest absolute Gasteiger partial charge is 0.384 e. The average molecular weight is 220 g/mol. The molecule has 1 aromatic rings. The van der Waals surface area contributed by atoms with E-state index >= 15 is 0 Å². The summed E-state index contributed by atoms with van der Waals surface area (Å²) in [5.41, 5.74) is 5.65. The van der Waals surface area contributed by atoms with Crippen LogP contribution in [0.4, 0.5) is 11.6 Å². The average Bonchev–Trinajstić information content (AvgIpc) is 2.30. The Morgan fingerprint density at radius 1 is 1.31 bits per heavy atom. The maximum Gasteiger partial charge on any atom is 0.133 e. The number of hydrogen-bond donors (Lipinski definition) is 1. The highest BCUT2D eigenvalue weighted by atomic mass is 15.2. The van der Waals surface area contributed by atoms with Gasteiger partial charge in [0.25, 0.3) is 0 Å². The predicted molar refractivity (Wildman–Crippen MR) is 66.3 cm³/mol. The molecule has 0 spiro atoms. The summed E-state index contributed by atoms with van der Waals surface area (Å²) in [5, 5.41) is 0. The highest BCUT2D eigenvalue weighted by Crippen LogP contribution is 2.25. The van der Waals surface area contributed by atoms with Gasteiger partial charge in [0, 0.05) is 19.7 Å². The van der Waals surface area contributed by atoms with Crippen LogP contribution in [-0.4, -0.2) is 23.6 Å². The van der Waals surface area contributed by atoms with Crippen molar-refractivity contribution in [2.45, 2.75) is 32.1 Å². The Bertz CT molecular complexity index is 334. The van der Waals surface area contributed by atoms with Gasteiger partial charge >= 0.3 is 0 Å². The van der Waals surface area contributed by atoms with Crippen LogP contribution in [0.15, 0.2) is 12.4 Å². The summed E-state index contributed by atoms with van der Waals surface area (Å²) in [6, 6.07) is 1.84. The van der Waals surface area contributed by atoms with E-state index in [1.165, 1.54) is 38.4 Å². The SMILES string of the molecule is CN(CC1CCCCC1)c1cc(N)ncn1. The summed E-state index contributed by atoms with van der Waals surface area (Å²) in [6.45, 7) is 1.08. The molecule has 88 valence electrons. The number of aromatic nitrogens is 2. The van der Waals surface area contributed by atoms with Gasteiger partial charge in [-0.05, 0) is 18.8 Å². The molecule has 2 N–H and O–H groups in total. The van der Waals surface area contributed by atoms with Crippen molar-refractivity contribution in [1.29, 1.82) is 0 Å². The third-order valence-electron chi connectivity index (χ3n) is 3.32. The minimum Gasteiger partial charge on any atom is -0.384 e. The van der Waals surface area contributed by atoms with Crippen molar-refractivity contribution in [3.8, 4) is 0 Å². The second kappa shape index (κ2) is 5.14. The van der Waals surface area contributed by atoms with Crippen LogP contribution in [0.1, 0.15) is 32.1 Å². The molecule has 16 heavy (non-hydrogen) atoms. The number of nitrogens with two attached hydrogens (primary N) is 1. The van der Waals surface area contributed by atoms with Crippen molar-refractivity contribution in [3.05, 3.63) is 12.4 Å². The van der Waals surface area contributed by atoms with E-state index in [2.05, 4.69) is 21.9 Å². The third-order valence-corrected chi connectivity index (χ3v) is 3.32. The van der Waals surface area contributed by atoms with Gasteiger partial charge in [0.1, 0.15) is 18.0 Å². The van der Waals surface area contributed by atoms with Gasteiger partial charge in [0.05, 0.1) is 0 Å². The van der Waals surface area contributed by atoms with Crippen LogP contribution >= 0.6 is 0 Å². The maximum absolute atomic E-state index is 5.65. The van der Waals surface area contributed by atoms with E-state index in [9.17, 15) is 0 Å². The Balaban J connectivity index is 1.94. The number of anilines is 2. The topological polar surface area (TPSA) is 55.0 Å². The lowest BCUT2D eigenvalue weighted by Gasteiger charge is -2.27. The fourth-order valence-electron chi connectivity index (χ4n) is 2.42. The molecule has 0 unspecified atom stereocenters. The van der Waals surface area contributed by atoms with Crippen LogP contribution in [0.2, 0.25) is 0 Å². The zero-order chi connectivity index (χ0) is 11.4. The van der Waals surface area contributed by atoms with Crippen LogP contribution in [-0.2, 0) is 0 Å². The Morgan fingerprint density at radius 3 is 2.75 bits per heavy atom. The first-order chi connectivity index (χ1) is 7.75. The molecule has 1 heterocycles. The smallest absolute Gasteiger partial charge is 0.133 e. The summed E-state index contributed by atoms with van der Waals surface area (Å²) in [5.74, 6) is 2.29. The second-order valence-electron chi connectivity index (χ2n) is 4.69. The van der Waals surface area contributed by atoms with E-state index < -0.39 is 0 Å².